The van der Waals surface area contributed by atoms with E-state index in [0.29, 0.717) is 19.4 Å². The van der Waals surface area contributed by atoms with Crippen molar-refractivity contribution >= 4 is 6.16 Å². The fraction of sp³-hybridized carbons (Fsp3) is 0.615. The van der Waals surface area contributed by atoms with Crippen LogP contribution in [0.2, 0.25) is 0 Å². The molecule has 0 aliphatic heterocycles. The van der Waals surface area contributed by atoms with Crippen LogP contribution in [-0.2, 0) is 14.2 Å². The van der Waals surface area contributed by atoms with Gasteiger partial charge >= 0.3 is 6.16 Å². The molecule has 0 aliphatic rings. The zero-order valence-electron chi connectivity index (χ0n) is 11.4. The molecule has 2 N–H and O–H groups in total. The van der Waals surface area contributed by atoms with Gasteiger partial charge in [0.05, 0.1) is 6.61 Å². The van der Waals surface area contributed by atoms with Crippen LogP contribution in [0.5, 0.6) is 0 Å². The summed E-state index contributed by atoms with van der Waals surface area (Å²) in [6, 6.07) is 0. The molecule has 1 unspecified atom stereocenters. The summed E-state index contributed by atoms with van der Waals surface area (Å²) in [5.74, 6) is 0. The number of hydrogen-bond acceptors (Lipinski definition) is 6. The van der Waals surface area contributed by atoms with E-state index in [1.54, 1.807) is 0 Å². The average Bonchev–Trinajstić information content (AvgIpc) is 2.43. The Morgan fingerprint density at radius 1 is 1.26 bits per heavy atom. The largest absolute Gasteiger partial charge is 0.508 e. The summed E-state index contributed by atoms with van der Waals surface area (Å²) >= 11 is 0. The maximum Gasteiger partial charge on any atom is 0.508 e. The Kier molecular flexibility index (Phi) is 17.5. The lowest BCUT2D eigenvalue weighted by Gasteiger charge is -2.07. The molecule has 0 rings (SSSR count). The molecule has 6 nitrogen and oxygen atoms in total. The molecule has 0 fully saturated rings. The van der Waals surface area contributed by atoms with Crippen LogP contribution in [0.3, 0.4) is 0 Å². The molecule has 0 saturated carbocycles. The highest BCUT2D eigenvalue weighted by atomic mass is 16.7. The van der Waals surface area contributed by atoms with E-state index in [1.807, 2.05) is 6.92 Å². The van der Waals surface area contributed by atoms with Crippen molar-refractivity contribution in [1.82, 2.24) is 0 Å². The summed E-state index contributed by atoms with van der Waals surface area (Å²) in [6.07, 6.45) is 2.78. The lowest BCUT2D eigenvalue weighted by Crippen LogP contribution is -2.11. The van der Waals surface area contributed by atoms with Crippen molar-refractivity contribution in [2.75, 3.05) is 26.4 Å². The van der Waals surface area contributed by atoms with Gasteiger partial charge in [-0.25, -0.2) is 4.79 Å². The summed E-state index contributed by atoms with van der Waals surface area (Å²) in [5, 5.41) is 17.1. The summed E-state index contributed by atoms with van der Waals surface area (Å²) < 4.78 is 13.8. The smallest absolute Gasteiger partial charge is 0.430 e. The minimum Gasteiger partial charge on any atom is -0.430 e. The van der Waals surface area contributed by atoms with E-state index in [4.69, 9.17) is 14.9 Å². The van der Waals surface area contributed by atoms with Gasteiger partial charge in [-0.05, 0) is 12.8 Å². The molecule has 19 heavy (non-hydrogen) atoms. The number of carbonyl (C=O) groups excluding carboxylic acids is 1. The molecule has 0 saturated heterocycles. The maximum atomic E-state index is 10.4. The first kappa shape index (κ1) is 20.0. The van der Waals surface area contributed by atoms with Crippen LogP contribution in [0.4, 0.5) is 4.79 Å². The predicted molar refractivity (Wildman–Crippen MR) is 71.6 cm³/mol. The summed E-state index contributed by atoms with van der Waals surface area (Å²) in [7, 11) is 0. The fourth-order valence-corrected chi connectivity index (χ4v) is 0.697. The fourth-order valence-electron chi connectivity index (χ4n) is 0.697. The predicted octanol–water partition coefficient (Wildman–Crippen LogP) is 1.63. The zero-order chi connectivity index (χ0) is 14.9. The lowest BCUT2D eigenvalue weighted by atomic mass is 10.4. The highest BCUT2D eigenvalue weighted by molar-refractivity contribution is 5.60. The van der Waals surface area contributed by atoms with Crippen molar-refractivity contribution in [1.29, 1.82) is 0 Å². The van der Waals surface area contributed by atoms with Gasteiger partial charge in [-0.15, -0.1) is 0 Å². The maximum absolute atomic E-state index is 10.4. The second-order valence-corrected chi connectivity index (χ2v) is 3.26. The van der Waals surface area contributed by atoms with Crippen LogP contribution < -0.4 is 0 Å². The normalized spacial score (nSPS) is 10.7. The van der Waals surface area contributed by atoms with Crippen LogP contribution in [-0.4, -0.2) is 49.1 Å². The van der Waals surface area contributed by atoms with Crippen molar-refractivity contribution in [3.8, 4) is 0 Å². The standard InChI is InChI=1S/C7H10O3.C6H14O3/c1-3-5-9-7(8)10-6-4-2;1-2-6(8)9-5-3-4-7/h3-4H,1-2,5-6H2;6-8H,2-5H2,1H3. The average molecular weight is 276 g/mol. The summed E-state index contributed by atoms with van der Waals surface area (Å²) in [4.78, 5) is 10.4. The number of carbonyl (C=O) groups is 1. The van der Waals surface area contributed by atoms with Gasteiger partial charge < -0.3 is 24.4 Å². The first-order chi connectivity index (χ1) is 9.12. The van der Waals surface area contributed by atoms with Crippen LogP contribution in [0.1, 0.15) is 19.8 Å². The van der Waals surface area contributed by atoms with E-state index in [0.717, 1.165) is 0 Å². The highest BCUT2D eigenvalue weighted by Crippen LogP contribution is 1.92. The molecular weight excluding hydrogens is 252 g/mol. The van der Waals surface area contributed by atoms with Crippen molar-refractivity contribution in [2.24, 2.45) is 0 Å². The van der Waals surface area contributed by atoms with Gasteiger partial charge in [-0.3, -0.25) is 0 Å². The van der Waals surface area contributed by atoms with Gasteiger partial charge in [0.25, 0.3) is 0 Å². The minimum absolute atomic E-state index is 0.121. The van der Waals surface area contributed by atoms with E-state index < -0.39 is 12.4 Å². The Hall–Kier alpha value is -1.37. The monoisotopic (exact) mass is 276 g/mol. The number of ether oxygens (including phenoxy) is 3. The van der Waals surface area contributed by atoms with Gasteiger partial charge in [0.1, 0.15) is 13.2 Å². The van der Waals surface area contributed by atoms with E-state index in [-0.39, 0.29) is 19.8 Å². The number of aliphatic hydroxyl groups is 2. The van der Waals surface area contributed by atoms with E-state index >= 15 is 0 Å². The van der Waals surface area contributed by atoms with E-state index in [1.165, 1.54) is 12.2 Å². The molecule has 0 radical (unpaired) electrons. The van der Waals surface area contributed by atoms with E-state index in [2.05, 4.69) is 22.6 Å². The third-order valence-electron chi connectivity index (χ3n) is 1.60. The molecule has 0 aliphatic carbocycles. The minimum atomic E-state index is -0.695. The first-order valence-electron chi connectivity index (χ1n) is 6.04. The second-order valence-electron chi connectivity index (χ2n) is 3.26. The summed E-state index contributed by atoms with van der Waals surface area (Å²) in [5.41, 5.74) is 0. The van der Waals surface area contributed by atoms with Crippen LogP contribution in [0.25, 0.3) is 0 Å². The molecule has 1 atom stereocenters. The molecule has 0 spiro atoms. The van der Waals surface area contributed by atoms with Crippen molar-refractivity contribution in [3.63, 3.8) is 0 Å². The van der Waals surface area contributed by atoms with E-state index in [9.17, 15) is 4.79 Å². The number of rotatable bonds is 9. The van der Waals surface area contributed by atoms with Crippen LogP contribution in [0.15, 0.2) is 25.3 Å². The van der Waals surface area contributed by atoms with Crippen LogP contribution in [0, 0.1) is 0 Å². The number of hydrogen-bond donors (Lipinski definition) is 2. The molecule has 112 valence electrons. The third kappa shape index (κ3) is 19.2. The molecule has 0 bridgehead atoms. The summed E-state index contributed by atoms with van der Waals surface area (Å²) in [6.45, 7) is 9.47. The van der Waals surface area contributed by atoms with Gasteiger partial charge in [-0.2, -0.15) is 0 Å². The van der Waals surface area contributed by atoms with Crippen molar-refractivity contribution in [3.05, 3.63) is 25.3 Å². The Labute approximate surface area is 114 Å². The lowest BCUT2D eigenvalue weighted by molar-refractivity contribution is -0.102. The zero-order valence-corrected chi connectivity index (χ0v) is 11.4. The Morgan fingerprint density at radius 3 is 2.16 bits per heavy atom. The van der Waals surface area contributed by atoms with Gasteiger partial charge in [0, 0.05) is 6.61 Å². The van der Waals surface area contributed by atoms with Crippen molar-refractivity contribution < 1.29 is 29.2 Å². The van der Waals surface area contributed by atoms with Gasteiger partial charge in [-0.1, -0.05) is 32.2 Å². The molecule has 0 amide bonds. The van der Waals surface area contributed by atoms with Gasteiger partial charge in [0.15, 0.2) is 6.29 Å². The molecule has 6 heteroatoms. The molecule has 0 aromatic carbocycles. The van der Waals surface area contributed by atoms with Crippen LogP contribution >= 0.6 is 0 Å². The highest BCUT2D eigenvalue weighted by Gasteiger charge is 1.98. The third-order valence-corrected chi connectivity index (χ3v) is 1.60. The number of aliphatic hydroxyl groups excluding tert-OH is 2. The Morgan fingerprint density at radius 2 is 1.79 bits per heavy atom. The first-order valence-corrected chi connectivity index (χ1v) is 6.04. The molecule has 0 aromatic heterocycles. The van der Waals surface area contributed by atoms with Crippen molar-refractivity contribution in [2.45, 2.75) is 26.1 Å². The SMILES string of the molecule is C=CCOC(=O)OCC=C.CCC(O)OCCCO. The Bertz CT molecular complexity index is 215. The topological polar surface area (TPSA) is 85.2 Å². The molecule has 0 aromatic rings. The Balaban J connectivity index is 0. The molecular formula is C13H24O6. The van der Waals surface area contributed by atoms with Gasteiger partial charge in [0.2, 0.25) is 0 Å². The molecule has 0 heterocycles. The quantitative estimate of drug-likeness (QED) is 0.288. The second kappa shape index (κ2) is 16.6.